The molecule has 0 amide bonds. The molecule has 10 heteroatoms. The third kappa shape index (κ3) is 3.41. The van der Waals surface area contributed by atoms with E-state index < -0.39 is 40.2 Å². The normalized spacial score (nSPS) is 11.4. The van der Waals surface area contributed by atoms with Gasteiger partial charge in [-0.3, -0.25) is 0 Å². The van der Waals surface area contributed by atoms with Gasteiger partial charge in [0.2, 0.25) is 0 Å². The molecule has 0 spiro atoms. The zero-order chi connectivity index (χ0) is 13.2. The van der Waals surface area contributed by atoms with E-state index in [1.807, 2.05) is 0 Å². The van der Waals surface area contributed by atoms with Crippen molar-refractivity contribution in [3.05, 3.63) is 27.7 Å². The zero-order valence-electron chi connectivity index (χ0n) is 7.79. The lowest BCUT2D eigenvalue weighted by Crippen LogP contribution is -2.19. The summed E-state index contributed by atoms with van der Waals surface area (Å²) in [5.74, 6) is -4.33. The fourth-order valence-electron chi connectivity index (χ4n) is 0.999. The van der Waals surface area contributed by atoms with E-state index in [-0.39, 0.29) is 6.07 Å². The summed E-state index contributed by atoms with van der Waals surface area (Å²) < 4.78 is 52.0. The number of aromatic nitrogens is 1. The molecule has 0 fully saturated rings. The van der Waals surface area contributed by atoms with Gasteiger partial charge >= 0.3 is 18.1 Å². The Morgan fingerprint density at radius 2 is 2.12 bits per heavy atom. The molecule has 0 atom stereocenters. The van der Waals surface area contributed by atoms with Crippen LogP contribution in [-0.4, -0.2) is 16.3 Å². The van der Waals surface area contributed by atoms with Crippen LogP contribution in [0.4, 0.5) is 23.4 Å². The molecule has 0 aliphatic rings. The summed E-state index contributed by atoms with van der Waals surface area (Å²) in [5, 5.41) is 10.4. The zero-order valence-corrected chi connectivity index (χ0v) is 8.55. The molecule has 0 radical (unpaired) electrons. The summed E-state index contributed by atoms with van der Waals surface area (Å²) in [6, 6.07) is 0.276. The Morgan fingerprint density at radius 3 is 2.53 bits per heavy atom. The van der Waals surface area contributed by atoms with Crippen LogP contribution in [0, 0.1) is 16.1 Å². The average molecular weight is 275 g/mol. The Bertz CT molecular complexity index is 451. The van der Waals surface area contributed by atoms with Gasteiger partial charge < -0.3 is 14.9 Å². The molecule has 0 aliphatic heterocycles. The van der Waals surface area contributed by atoms with Gasteiger partial charge in [-0.15, -0.1) is 24.8 Å². The maximum absolute atomic E-state index is 12.8. The Kier molecular flexibility index (Phi) is 3.71. The van der Waals surface area contributed by atoms with E-state index in [0.717, 1.165) is 0 Å². The first-order valence-electron chi connectivity index (χ1n) is 3.90. The Balaban J connectivity index is 3.33. The Hall–Kier alpha value is -1.64. The maximum Gasteiger partial charge on any atom is 0.573 e. The van der Waals surface area contributed by atoms with Crippen LogP contribution in [0.3, 0.4) is 0 Å². The third-order valence-corrected chi connectivity index (χ3v) is 1.83. The lowest BCUT2D eigenvalue weighted by molar-refractivity contribution is -0.390. The number of halogens is 5. The van der Waals surface area contributed by atoms with Crippen LogP contribution in [0.15, 0.2) is 6.07 Å². The second-order valence-electron chi connectivity index (χ2n) is 2.68. The third-order valence-electron chi connectivity index (χ3n) is 1.56. The number of hydrogen-bond donors (Lipinski definition) is 0. The van der Waals surface area contributed by atoms with Crippen LogP contribution in [0.5, 0.6) is 5.75 Å². The number of pyridine rings is 1. The first kappa shape index (κ1) is 13.4. The highest BCUT2D eigenvalue weighted by Gasteiger charge is 2.35. The number of alkyl halides is 4. The predicted octanol–water partition coefficient (Wildman–Crippen LogP) is 2.77. The molecule has 0 N–H and O–H groups in total. The van der Waals surface area contributed by atoms with Crippen molar-refractivity contribution in [3.63, 3.8) is 0 Å². The minimum absolute atomic E-state index is 0.276. The largest absolute Gasteiger partial charge is 0.573 e. The molecule has 1 aromatic rings. The van der Waals surface area contributed by atoms with E-state index >= 15 is 0 Å². The number of nitro groups is 1. The predicted molar refractivity (Wildman–Crippen MR) is 47.1 cm³/mol. The van der Waals surface area contributed by atoms with E-state index in [0.29, 0.717) is 0 Å². The fourth-order valence-corrected chi connectivity index (χ4v) is 1.25. The van der Waals surface area contributed by atoms with E-state index in [4.69, 9.17) is 11.6 Å². The molecule has 0 saturated carbocycles. The van der Waals surface area contributed by atoms with Crippen LogP contribution in [-0.2, 0) is 5.88 Å². The van der Waals surface area contributed by atoms with Crippen LogP contribution in [0.2, 0.25) is 0 Å². The monoisotopic (exact) mass is 274 g/mol. The van der Waals surface area contributed by atoms with E-state index in [9.17, 15) is 27.7 Å². The highest BCUT2D eigenvalue weighted by Crippen LogP contribution is 2.32. The first-order valence-corrected chi connectivity index (χ1v) is 4.43. The summed E-state index contributed by atoms with van der Waals surface area (Å²) >= 11 is 5.25. The SMILES string of the molecule is O=[N+]([O-])c1nc(F)cc(OC(F)(F)F)c1CCl. The molecule has 0 unspecified atom stereocenters. The molecule has 94 valence electrons. The van der Waals surface area contributed by atoms with Crippen molar-refractivity contribution in [1.82, 2.24) is 4.98 Å². The average Bonchev–Trinajstić information content (AvgIpc) is 2.14. The van der Waals surface area contributed by atoms with Crippen molar-refractivity contribution in [2.75, 3.05) is 0 Å². The van der Waals surface area contributed by atoms with Gasteiger partial charge in [0.1, 0.15) is 11.3 Å². The molecule has 0 aliphatic carbocycles. The van der Waals surface area contributed by atoms with Crippen molar-refractivity contribution < 1.29 is 27.2 Å². The smallest absolute Gasteiger partial charge is 0.405 e. The van der Waals surface area contributed by atoms with Crippen LogP contribution in [0.25, 0.3) is 0 Å². The quantitative estimate of drug-likeness (QED) is 0.279. The standard InChI is InChI=1S/C7H3ClF4N2O3/c8-2-3-4(17-7(10,11)12)1-5(9)13-6(3)14(15)16/h1H,2H2. The first-order chi connectivity index (χ1) is 7.74. The molecule has 1 heterocycles. The van der Waals surface area contributed by atoms with E-state index in [1.54, 1.807) is 0 Å². The van der Waals surface area contributed by atoms with Gasteiger partial charge in [-0.2, -0.15) is 4.39 Å². The molecule has 5 nitrogen and oxygen atoms in total. The minimum atomic E-state index is -5.11. The second-order valence-corrected chi connectivity index (χ2v) is 2.95. The minimum Gasteiger partial charge on any atom is -0.405 e. The molecule has 0 saturated heterocycles. The van der Waals surface area contributed by atoms with Gasteiger partial charge in [0.05, 0.1) is 11.9 Å². The van der Waals surface area contributed by atoms with Crippen molar-refractivity contribution in [2.45, 2.75) is 12.2 Å². The van der Waals surface area contributed by atoms with Crippen molar-refractivity contribution in [3.8, 4) is 5.75 Å². The lowest BCUT2D eigenvalue weighted by atomic mass is 10.2. The fraction of sp³-hybridized carbons (Fsp3) is 0.286. The van der Waals surface area contributed by atoms with Gasteiger partial charge in [-0.1, -0.05) is 0 Å². The Labute approximate surface area is 96.1 Å². The van der Waals surface area contributed by atoms with Crippen molar-refractivity contribution in [2.24, 2.45) is 0 Å². The lowest BCUT2D eigenvalue weighted by Gasteiger charge is -2.11. The molecule has 1 rings (SSSR count). The highest BCUT2D eigenvalue weighted by molar-refractivity contribution is 6.17. The van der Waals surface area contributed by atoms with Crippen LogP contribution in [0.1, 0.15) is 5.56 Å². The van der Waals surface area contributed by atoms with Crippen molar-refractivity contribution in [1.29, 1.82) is 0 Å². The van der Waals surface area contributed by atoms with Crippen molar-refractivity contribution >= 4 is 17.4 Å². The van der Waals surface area contributed by atoms with Crippen LogP contribution < -0.4 is 4.74 Å². The van der Waals surface area contributed by atoms with Gasteiger partial charge in [0.15, 0.2) is 0 Å². The highest BCUT2D eigenvalue weighted by atomic mass is 35.5. The molecule has 1 aromatic heterocycles. The van der Waals surface area contributed by atoms with Gasteiger partial charge in [-0.25, -0.2) is 0 Å². The summed E-state index contributed by atoms with van der Waals surface area (Å²) in [6.45, 7) is 0. The van der Waals surface area contributed by atoms with E-state index in [1.165, 1.54) is 0 Å². The van der Waals surface area contributed by atoms with Gasteiger partial charge in [0, 0.05) is 0 Å². The molecule has 0 bridgehead atoms. The molecular weight excluding hydrogens is 272 g/mol. The topological polar surface area (TPSA) is 65.3 Å². The summed E-state index contributed by atoms with van der Waals surface area (Å²) in [7, 11) is 0. The summed E-state index contributed by atoms with van der Waals surface area (Å²) in [6.07, 6.45) is -5.11. The molecular formula is C7H3ClF4N2O3. The molecule has 0 aromatic carbocycles. The Morgan fingerprint density at radius 1 is 1.53 bits per heavy atom. The van der Waals surface area contributed by atoms with E-state index in [2.05, 4.69) is 9.72 Å². The maximum atomic E-state index is 12.8. The van der Waals surface area contributed by atoms with Gasteiger partial charge in [-0.05, 0) is 9.91 Å². The second kappa shape index (κ2) is 4.70. The summed E-state index contributed by atoms with van der Waals surface area (Å²) in [5.41, 5.74) is -0.643. The number of ether oxygens (including phenoxy) is 1. The number of nitrogens with zero attached hydrogens (tertiary/aromatic N) is 2. The van der Waals surface area contributed by atoms with Crippen LogP contribution >= 0.6 is 11.6 Å². The summed E-state index contributed by atoms with van der Waals surface area (Å²) in [4.78, 5) is 12.1. The number of rotatable bonds is 3. The van der Waals surface area contributed by atoms with Gasteiger partial charge in [0.25, 0.3) is 0 Å². The molecule has 17 heavy (non-hydrogen) atoms. The number of hydrogen-bond acceptors (Lipinski definition) is 4.